The average Bonchev–Trinajstić information content (AvgIpc) is 2.46. The Hall–Kier alpha value is -1.91. The molecule has 4 nitrogen and oxygen atoms in total. The Bertz CT molecular complexity index is 563. The molecular weight excluding hydrogens is 273 g/mol. The van der Waals surface area contributed by atoms with E-state index in [1.54, 1.807) is 11.0 Å². The Morgan fingerprint density at radius 1 is 1.33 bits per heavy atom. The number of anilines is 1. The molecule has 1 aromatic carbocycles. The molecule has 0 unspecified atom stereocenters. The highest BCUT2D eigenvalue weighted by Crippen LogP contribution is 2.31. The highest BCUT2D eigenvalue weighted by molar-refractivity contribution is 6.00. The molecule has 0 saturated carbocycles. The maximum atomic E-state index is 14.4. The Labute approximate surface area is 123 Å². The van der Waals surface area contributed by atoms with Crippen LogP contribution >= 0.6 is 0 Å². The van der Waals surface area contributed by atoms with Gasteiger partial charge in [-0.15, -0.1) is 0 Å². The van der Waals surface area contributed by atoms with Crippen molar-refractivity contribution in [2.75, 3.05) is 18.0 Å². The van der Waals surface area contributed by atoms with E-state index in [1.165, 1.54) is 13.0 Å². The second-order valence-electron chi connectivity index (χ2n) is 5.48. The van der Waals surface area contributed by atoms with Gasteiger partial charge in [-0.05, 0) is 43.9 Å². The fourth-order valence-corrected chi connectivity index (χ4v) is 2.80. The zero-order chi connectivity index (χ0) is 15.6. The van der Waals surface area contributed by atoms with Gasteiger partial charge in [-0.3, -0.25) is 9.59 Å². The Morgan fingerprint density at radius 3 is 2.43 bits per heavy atom. The van der Waals surface area contributed by atoms with Crippen molar-refractivity contribution in [2.45, 2.75) is 33.1 Å². The van der Waals surface area contributed by atoms with Gasteiger partial charge in [0.05, 0.1) is 11.6 Å². The van der Waals surface area contributed by atoms with E-state index in [4.69, 9.17) is 5.11 Å². The van der Waals surface area contributed by atoms with E-state index in [2.05, 4.69) is 0 Å². The molecule has 2 rings (SSSR count). The first-order valence-electron chi connectivity index (χ1n) is 7.25. The minimum Gasteiger partial charge on any atom is -0.481 e. The molecule has 0 aliphatic carbocycles. The topological polar surface area (TPSA) is 57.6 Å². The number of carboxylic acid groups (broad SMARTS) is 1. The summed E-state index contributed by atoms with van der Waals surface area (Å²) >= 11 is 0. The number of hydrogen-bond donors (Lipinski definition) is 1. The van der Waals surface area contributed by atoms with Crippen molar-refractivity contribution in [1.29, 1.82) is 0 Å². The lowest BCUT2D eigenvalue weighted by atomic mass is 9.95. The summed E-state index contributed by atoms with van der Waals surface area (Å²) in [5, 5.41) is 9.01. The third-order valence-corrected chi connectivity index (χ3v) is 4.07. The summed E-state index contributed by atoms with van der Waals surface area (Å²) in [5.74, 6) is -1.74. The molecule has 1 fully saturated rings. The molecule has 1 heterocycles. The van der Waals surface area contributed by atoms with E-state index in [1.807, 2.05) is 6.92 Å². The van der Waals surface area contributed by atoms with Gasteiger partial charge >= 0.3 is 5.97 Å². The summed E-state index contributed by atoms with van der Waals surface area (Å²) in [6.45, 7) is 4.26. The third-order valence-electron chi connectivity index (χ3n) is 4.07. The van der Waals surface area contributed by atoms with Crippen molar-refractivity contribution in [3.05, 3.63) is 29.1 Å². The van der Waals surface area contributed by atoms with Gasteiger partial charge in [0.1, 0.15) is 5.82 Å². The molecule has 1 aliphatic heterocycles. The number of hydrogen-bond acceptors (Lipinski definition) is 3. The predicted molar refractivity (Wildman–Crippen MR) is 78.4 cm³/mol. The molecule has 114 valence electrons. The van der Waals surface area contributed by atoms with Crippen LogP contribution < -0.4 is 4.90 Å². The van der Waals surface area contributed by atoms with Gasteiger partial charge in [0, 0.05) is 18.7 Å². The quantitative estimate of drug-likeness (QED) is 0.867. The second-order valence-corrected chi connectivity index (χ2v) is 5.48. The summed E-state index contributed by atoms with van der Waals surface area (Å²) in [5.41, 5.74) is 1.51. The standard InChI is InChI=1S/C16H20FNO3/c1-3-11-8-13(10(2)19)15(14(17)9-11)18-6-4-12(5-7-18)16(20)21/h8-9,12H,3-7H2,1-2H3,(H,20,21). The smallest absolute Gasteiger partial charge is 0.306 e. The molecule has 0 spiro atoms. The number of carbonyl (C=O) groups excluding carboxylic acids is 1. The minimum atomic E-state index is -0.803. The highest BCUT2D eigenvalue weighted by atomic mass is 19.1. The van der Waals surface area contributed by atoms with Crippen molar-refractivity contribution in [2.24, 2.45) is 5.92 Å². The monoisotopic (exact) mass is 293 g/mol. The number of aliphatic carboxylic acids is 1. The number of aryl methyl sites for hydroxylation is 1. The van der Waals surface area contributed by atoms with Crippen molar-refractivity contribution in [3.8, 4) is 0 Å². The zero-order valence-electron chi connectivity index (χ0n) is 12.4. The highest BCUT2D eigenvalue weighted by Gasteiger charge is 2.28. The average molecular weight is 293 g/mol. The van der Waals surface area contributed by atoms with Crippen LogP contribution in [-0.2, 0) is 11.2 Å². The number of ketones is 1. The number of halogens is 1. The molecule has 0 amide bonds. The van der Waals surface area contributed by atoms with Crippen LogP contribution in [-0.4, -0.2) is 29.9 Å². The summed E-state index contributed by atoms with van der Waals surface area (Å²) < 4.78 is 14.4. The molecule has 1 saturated heterocycles. The first-order valence-corrected chi connectivity index (χ1v) is 7.25. The van der Waals surface area contributed by atoms with E-state index >= 15 is 0 Å². The fourth-order valence-electron chi connectivity index (χ4n) is 2.80. The van der Waals surface area contributed by atoms with Gasteiger partial charge in [-0.2, -0.15) is 0 Å². The van der Waals surface area contributed by atoms with Crippen LogP contribution in [0.2, 0.25) is 0 Å². The number of carboxylic acids is 1. The molecule has 1 aromatic rings. The van der Waals surface area contributed by atoms with Crippen LogP contribution in [0.4, 0.5) is 10.1 Å². The molecule has 21 heavy (non-hydrogen) atoms. The fraction of sp³-hybridized carbons (Fsp3) is 0.500. The van der Waals surface area contributed by atoms with E-state index in [9.17, 15) is 14.0 Å². The van der Waals surface area contributed by atoms with Crippen LogP contribution in [0.3, 0.4) is 0 Å². The van der Waals surface area contributed by atoms with E-state index < -0.39 is 11.8 Å². The number of carbonyl (C=O) groups is 2. The van der Waals surface area contributed by atoms with E-state index in [0.29, 0.717) is 43.6 Å². The number of benzene rings is 1. The van der Waals surface area contributed by atoms with Gasteiger partial charge < -0.3 is 10.0 Å². The molecule has 0 aromatic heterocycles. The minimum absolute atomic E-state index is 0.167. The molecule has 0 bridgehead atoms. The molecule has 0 radical (unpaired) electrons. The summed E-state index contributed by atoms with van der Waals surface area (Å²) in [6, 6.07) is 3.20. The maximum absolute atomic E-state index is 14.4. The van der Waals surface area contributed by atoms with Crippen molar-refractivity contribution >= 4 is 17.4 Å². The van der Waals surface area contributed by atoms with Crippen LogP contribution in [0.25, 0.3) is 0 Å². The van der Waals surface area contributed by atoms with Gasteiger partial charge in [-0.1, -0.05) is 6.92 Å². The van der Waals surface area contributed by atoms with Gasteiger partial charge in [-0.25, -0.2) is 4.39 Å². The number of Topliss-reactive ketones (excluding diaryl/α,β-unsaturated/α-hetero) is 1. The predicted octanol–water partition coefficient (Wildman–Crippen LogP) is 2.89. The molecular formula is C16H20FNO3. The zero-order valence-corrected chi connectivity index (χ0v) is 12.4. The third kappa shape index (κ3) is 3.23. The Balaban J connectivity index is 2.31. The summed E-state index contributed by atoms with van der Waals surface area (Å²) in [7, 11) is 0. The molecule has 5 heteroatoms. The van der Waals surface area contributed by atoms with Crippen LogP contribution in [0, 0.1) is 11.7 Å². The van der Waals surface area contributed by atoms with Gasteiger partial charge in [0.2, 0.25) is 0 Å². The normalized spacial score (nSPS) is 16.0. The number of nitrogens with zero attached hydrogens (tertiary/aromatic N) is 1. The summed E-state index contributed by atoms with van der Waals surface area (Å²) in [4.78, 5) is 24.6. The molecule has 1 N–H and O–H groups in total. The lowest BCUT2D eigenvalue weighted by molar-refractivity contribution is -0.142. The van der Waals surface area contributed by atoms with Crippen LogP contribution in [0.5, 0.6) is 0 Å². The van der Waals surface area contributed by atoms with E-state index in [0.717, 1.165) is 5.56 Å². The second kappa shape index (κ2) is 6.24. The van der Waals surface area contributed by atoms with E-state index in [-0.39, 0.29) is 11.7 Å². The van der Waals surface area contributed by atoms with Crippen LogP contribution in [0.15, 0.2) is 12.1 Å². The van der Waals surface area contributed by atoms with Crippen LogP contribution in [0.1, 0.15) is 42.6 Å². The lowest BCUT2D eigenvalue weighted by Gasteiger charge is -2.33. The number of rotatable bonds is 4. The SMILES string of the molecule is CCc1cc(F)c(N2CCC(C(=O)O)CC2)c(C(C)=O)c1. The summed E-state index contributed by atoms with van der Waals surface area (Å²) in [6.07, 6.45) is 1.61. The van der Waals surface area contributed by atoms with Crippen molar-refractivity contribution in [3.63, 3.8) is 0 Å². The van der Waals surface area contributed by atoms with Crippen molar-refractivity contribution < 1.29 is 19.1 Å². The van der Waals surface area contributed by atoms with Gasteiger partial charge in [0.25, 0.3) is 0 Å². The van der Waals surface area contributed by atoms with Crippen molar-refractivity contribution in [1.82, 2.24) is 0 Å². The van der Waals surface area contributed by atoms with Gasteiger partial charge in [0.15, 0.2) is 5.78 Å². The lowest BCUT2D eigenvalue weighted by Crippen LogP contribution is -2.37. The first-order chi connectivity index (χ1) is 9.93. The Morgan fingerprint density at radius 2 is 1.95 bits per heavy atom. The Kier molecular flexibility index (Phi) is 4.60. The first kappa shape index (κ1) is 15.5. The number of piperidine rings is 1. The molecule has 1 aliphatic rings. The largest absolute Gasteiger partial charge is 0.481 e. The molecule has 0 atom stereocenters. The maximum Gasteiger partial charge on any atom is 0.306 e.